The minimum atomic E-state index is -0.472. The summed E-state index contributed by atoms with van der Waals surface area (Å²) in [6, 6.07) is 7.84. The van der Waals surface area contributed by atoms with E-state index in [0.717, 1.165) is 12.1 Å². The van der Waals surface area contributed by atoms with Crippen molar-refractivity contribution in [2.75, 3.05) is 18.5 Å². The molecule has 1 aromatic rings. The molecule has 1 aliphatic heterocycles. The van der Waals surface area contributed by atoms with Crippen LogP contribution in [-0.4, -0.2) is 31.6 Å². The van der Waals surface area contributed by atoms with E-state index < -0.39 is 6.03 Å². The molecule has 0 saturated carbocycles. The molecular formula is C13H17N3O2. The zero-order valence-electron chi connectivity index (χ0n) is 10.6. The predicted molar refractivity (Wildman–Crippen MR) is 69.6 cm³/mol. The van der Waals surface area contributed by atoms with Crippen LogP contribution < -0.4 is 15.5 Å². The Balaban J connectivity index is 2.06. The molecule has 2 N–H and O–H groups in total. The normalized spacial score (nSPS) is 17.2. The maximum absolute atomic E-state index is 11.7. The first-order valence-corrected chi connectivity index (χ1v) is 5.98. The second-order valence-corrected chi connectivity index (χ2v) is 4.44. The van der Waals surface area contributed by atoms with Gasteiger partial charge in [0.25, 0.3) is 0 Å². The van der Waals surface area contributed by atoms with Crippen LogP contribution in [0.3, 0.4) is 0 Å². The summed E-state index contributed by atoms with van der Waals surface area (Å²) in [6.07, 6.45) is 0.934. The van der Waals surface area contributed by atoms with Gasteiger partial charge in [0, 0.05) is 18.8 Å². The van der Waals surface area contributed by atoms with Gasteiger partial charge in [0.2, 0.25) is 5.91 Å². The number of hydrogen-bond donors (Lipinski definition) is 2. The molecule has 0 saturated heterocycles. The Morgan fingerprint density at radius 2 is 2.11 bits per heavy atom. The average Bonchev–Trinajstić information content (AvgIpc) is 2.66. The first kappa shape index (κ1) is 12.4. The van der Waals surface area contributed by atoms with Crippen LogP contribution in [0.1, 0.15) is 12.5 Å². The standard InChI is InChI=1S/C13H17N3O2/c1-9-7-10-5-3-4-6-11(10)16(9)8-12(17)15-13(18)14-2/h3-6,9H,7-8H2,1-2H3,(H2,14,15,17,18)/t9-/m0/s1. The smallest absolute Gasteiger partial charge is 0.321 e. The Morgan fingerprint density at radius 3 is 2.83 bits per heavy atom. The summed E-state index contributed by atoms with van der Waals surface area (Å²) in [4.78, 5) is 24.8. The number of imide groups is 1. The number of hydrogen-bond acceptors (Lipinski definition) is 3. The van der Waals surface area contributed by atoms with Gasteiger partial charge >= 0.3 is 6.03 Å². The van der Waals surface area contributed by atoms with Gasteiger partial charge in [-0.15, -0.1) is 0 Å². The molecule has 0 fully saturated rings. The zero-order chi connectivity index (χ0) is 13.1. The second kappa shape index (κ2) is 5.08. The lowest BCUT2D eigenvalue weighted by atomic mass is 10.1. The van der Waals surface area contributed by atoms with Crippen LogP contribution in [-0.2, 0) is 11.2 Å². The van der Waals surface area contributed by atoms with Crippen molar-refractivity contribution in [1.82, 2.24) is 10.6 Å². The third kappa shape index (κ3) is 2.45. The highest BCUT2D eigenvalue weighted by Crippen LogP contribution is 2.31. The van der Waals surface area contributed by atoms with Crippen molar-refractivity contribution in [2.45, 2.75) is 19.4 Å². The van der Waals surface area contributed by atoms with Crippen LogP contribution in [0.25, 0.3) is 0 Å². The lowest BCUT2D eigenvalue weighted by molar-refractivity contribution is -0.118. The van der Waals surface area contributed by atoms with Gasteiger partial charge in [-0.2, -0.15) is 0 Å². The van der Waals surface area contributed by atoms with Gasteiger partial charge in [0.15, 0.2) is 0 Å². The van der Waals surface area contributed by atoms with E-state index in [1.807, 2.05) is 23.1 Å². The highest BCUT2D eigenvalue weighted by Gasteiger charge is 2.27. The summed E-state index contributed by atoms with van der Waals surface area (Å²) in [5.41, 5.74) is 2.33. The third-order valence-electron chi connectivity index (χ3n) is 3.14. The SMILES string of the molecule is CNC(=O)NC(=O)CN1c2ccccc2C[C@@H]1C. The highest BCUT2D eigenvalue weighted by atomic mass is 16.2. The maximum Gasteiger partial charge on any atom is 0.321 e. The van der Waals surface area contributed by atoms with Crippen molar-refractivity contribution >= 4 is 17.6 Å². The molecule has 1 heterocycles. The van der Waals surface area contributed by atoms with E-state index in [4.69, 9.17) is 0 Å². The molecule has 0 bridgehead atoms. The van der Waals surface area contributed by atoms with E-state index in [0.29, 0.717) is 0 Å². The fraction of sp³-hybridized carbons (Fsp3) is 0.385. The van der Waals surface area contributed by atoms with Crippen molar-refractivity contribution in [3.63, 3.8) is 0 Å². The summed E-state index contributed by atoms with van der Waals surface area (Å²) in [6.45, 7) is 2.28. The topological polar surface area (TPSA) is 61.4 Å². The quantitative estimate of drug-likeness (QED) is 0.816. The van der Waals surface area contributed by atoms with Gasteiger partial charge < -0.3 is 10.2 Å². The van der Waals surface area contributed by atoms with Crippen LogP contribution in [0.15, 0.2) is 24.3 Å². The number of rotatable bonds is 2. The fourth-order valence-electron chi connectivity index (χ4n) is 2.25. The number of urea groups is 1. The van der Waals surface area contributed by atoms with Gasteiger partial charge in [-0.1, -0.05) is 18.2 Å². The van der Waals surface area contributed by atoms with Crippen molar-refractivity contribution in [2.24, 2.45) is 0 Å². The van der Waals surface area contributed by atoms with Gasteiger partial charge in [0.05, 0.1) is 6.54 Å². The molecular weight excluding hydrogens is 230 g/mol. The monoisotopic (exact) mass is 247 g/mol. The summed E-state index contributed by atoms with van der Waals surface area (Å²) < 4.78 is 0. The number of para-hydroxylation sites is 1. The summed E-state index contributed by atoms with van der Waals surface area (Å²) in [5, 5.41) is 4.64. The van der Waals surface area contributed by atoms with Crippen molar-refractivity contribution in [3.8, 4) is 0 Å². The Kier molecular flexibility index (Phi) is 3.50. The Labute approximate surface area is 106 Å². The Morgan fingerprint density at radius 1 is 1.39 bits per heavy atom. The van der Waals surface area contributed by atoms with Crippen LogP contribution in [0.2, 0.25) is 0 Å². The molecule has 0 unspecified atom stereocenters. The van der Waals surface area contributed by atoms with Crippen LogP contribution in [0.4, 0.5) is 10.5 Å². The first-order valence-electron chi connectivity index (χ1n) is 5.98. The molecule has 0 spiro atoms. The van der Waals surface area contributed by atoms with Crippen molar-refractivity contribution in [3.05, 3.63) is 29.8 Å². The van der Waals surface area contributed by atoms with E-state index in [2.05, 4.69) is 23.6 Å². The van der Waals surface area contributed by atoms with Crippen LogP contribution >= 0.6 is 0 Å². The molecule has 1 aliphatic rings. The minimum absolute atomic E-state index is 0.200. The molecule has 96 valence electrons. The second-order valence-electron chi connectivity index (χ2n) is 4.44. The van der Waals surface area contributed by atoms with Crippen molar-refractivity contribution < 1.29 is 9.59 Å². The van der Waals surface area contributed by atoms with Gasteiger partial charge in [-0.05, 0) is 25.0 Å². The molecule has 1 atom stereocenters. The Bertz CT molecular complexity index is 473. The van der Waals surface area contributed by atoms with Gasteiger partial charge in [-0.3, -0.25) is 10.1 Å². The molecule has 0 aromatic heterocycles. The predicted octanol–water partition coefficient (Wildman–Crippen LogP) is 0.893. The van der Waals surface area contributed by atoms with Crippen molar-refractivity contribution in [1.29, 1.82) is 0 Å². The number of amides is 3. The molecule has 1 aromatic carbocycles. The summed E-state index contributed by atoms with van der Waals surface area (Å²) in [5.74, 6) is -0.294. The number of benzene rings is 1. The Hall–Kier alpha value is -2.04. The largest absolute Gasteiger partial charge is 0.359 e. The van der Waals surface area contributed by atoms with Crippen LogP contribution in [0.5, 0.6) is 0 Å². The van der Waals surface area contributed by atoms with E-state index >= 15 is 0 Å². The number of nitrogens with one attached hydrogen (secondary N) is 2. The fourth-order valence-corrected chi connectivity index (χ4v) is 2.25. The summed E-state index contributed by atoms with van der Waals surface area (Å²) >= 11 is 0. The van der Waals surface area contributed by atoms with E-state index in [-0.39, 0.29) is 18.5 Å². The third-order valence-corrected chi connectivity index (χ3v) is 3.14. The molecule has 18 heavy (non-hydrogen) atoms. The number of carbonyl (C=O) groups is 2. The molecule has 2 rings (SSSR count). The van der Waals surface area contributed by atoms with E-state index in [1.165, 1.54) is 12.6 Å². The van der Waals surface area contributed by atoms with Gasteiger partial charge in [0.1, 0.15) is 0 Å². The van der Waals surface area contributed by atoms with Gasteiger partial charge in [-0.25, -0.2) is 4.79 Å². The first-order chi connectivity index (χ1) is 8.61. The number of carbonyl (C=O) groups excluding carboxylic acids is 2. The molecule has 0 aliphatic carbocycles. The molecule has 3 amide bonds. The summed E-state index contributed by atoms with van der Waals surface area (Å²) in [7, 11) is 1.48. The number of nitrogens with zero attached hydrogens (tertiary/aromatic N) is 1. The van der Waals surface area contributed by atoms with E-state index in [1.54, 1.807) is 0 Å². The van der Waals surface area contributed by atoms with Crippen LogP contribution in [0, 0.1) is 0 Å². The lowest BCUT2D eigenvalue weighted by Crippen LogP contribution is -2.45. The number of anilines is 1. The molecule has 0 radical (unpaired) electrons. The highest BCUT2D eigenvalue weighted by molar-refractivity contribution is 5.96. The number of fused-ring (bicyclic) bond motifs is 1. The molecule has 5 nitrogen and oxygen atoms in total. The average molecular weight is 247 g/mol. The zero-order valence-corrected chi connectivity index (χ0v) is 10.6. The lowest BCUT2D eigenvalue weighted by Gasteiger charge is -2.23. The maximum atomic E-state index is 11.7. The minimum Gasteiger partial charge on any atom is -0.359 e. The molecule has 5 heteroatoms. The van der Waals surface area contributed by atoms with E-state index in [9.17, 15) is 9.59 Å².